The number of alkyl halides is 1. The maximum absolute atomic E-state index is 6.31. The molecule has 0 N–H and O–H groups in total. The Morgan fingerprint density at radius 2 is 1.77 bits per heavy atom. The minimum absolute atomic E-state index is 0.196. The molecule has 0 amide bonds. The van der Waals surface area contributed by atoms with Gasteiger partial charge in [-0.3, -0.25) is 0 Å². The Bertz CT molecular complexity index is 164. The Labute approximate surface area is 91.5 Å². The molecule has 1 rings (SSSR count). The van der Waals surface area contributed by atoms with Gasteiger partial charge in [-0.15, -0.1) is 0 Å². The molecule has 0 unspecified atom stereocenters. The lowest BCUT2D eigenvalue weighted by Crippen LogP contribution is -2.45. The highest BCUT2D eigenvalue weighted by atomic mass is 79.9. The molecule has 0 saturated heterocycles. The third-order valence-electron chi connectivity index (χ3n) is 2.76. The van der Waals surface area contributed by atoms with E-state index in [1.165, 1.54) is 32.1 Å². The fraction of sp³-hybridized carbons (Fsp3) is 1.00. The summed E-state index contributed by atoms with van der Waals surface area (Å²) in [5, 5.41) is 0. The van der Waals surface area contributed by atoms with Gasteiger partial charge in [-0.05, 0) is 32.9 Å². The summed E-state index contributed by atoms with van der Waals surface area (Å²) in [6.45, 7) is 6.88. The van der Waals surface area contributed by atoms with Crippen molar-refractivity contribution in [1.82, 2.24) is 0 Å². The topological polar surface area (TPSA) is 9.23 Å². The lowest BCUT2D eigenvalue weighted by molar-refractivity contribution is 0.0410. The van der Waals surface area contributed by atoms with Gasteiger partial charge in [0.25, 0.3) is 0 Å². The molecule has 1 fully saturated rings. The highest BCUT2D eigenvalue weighted by molar-refractivity contribution is 9.09. The van der Waals surface area contributed by atoms with Crippen molar-refractivity contribution in [3.63, 3.8) is 0 Å². The molecule has 3 heteroatoms. The molecule has 0 atom stereocenters. The number of halogens is 1. The lowest BCUT2D eigenvalue weighted by atomic mass is 9.87. The Hall–Kier alpha value is 0.657. The summed E-state index contributed by atoms with van der Waals surface area (Å²) in [6, 6.07) is 0. The largest absolute Gasteiger partial charge is 0.411 e. The van der Waals surface area contributed by atoms with E-state index in [1.54, 1.807) is 0 Å². The van der Waals surface area contributed by atoms with E-state index >= 15 is 0 Å². The van der Waals surface area contributed by atoms with Gasteiger partial charge in [0.2, 0.25) is 0 Å². The van der Waals surface area contributed by atoms with E-state index in [-0.39, 0.29) is 5.60 Å². The summed E-state index contributed by atoms with van der Waals surface area (Å²) in [4.78, 5) is 1.05. The molecule has 1 saturated carbocycles. The molecule has 1 nitrogen and oxygen atoms in total. The Morgan fingerprint density at radius 3 is 2.23 bits per heavy atom. The van der Waals surface area contributed by atoms with Gasteiger partial charge in [-0.25, -0.2) is 0 Å². The molecule has 1 aliphatic carbocycles. The predicted octanol–water partition coefficient (Wildman–Crippen LogP) is 3.87. The first-order chi connectivity index (χ1) is 5.97. The molecule has 78 valence electrons. The minimum atomic E-state index is -1.42. The van der Waals surface area contributed by atoms with E-state index in [9.17, 15) is 0 Å². The van der Waals surface area contributed by atoms with Crippen LogP contribution in [0.25, 0.3) is 0 Å². The predicted molar refractivity (Wildman–Crippen MR) is 63.9 cm³/mol. The third-order valence-corrected chi connectivity index (χ3v) is 8.50. The quantitative estimate of drug-likeness (QED) is 0.556. The fourth-order valence-corrected chi connectivity index (χ4v) is 4.03. The van der Waals surface area contributed by atoms with Crippen molar-refractivity contribution >= 4 is 24.2 Å². The number of hydrogen-bond acceptors (Lipinski definition) is 1. The van der Waals surface area contributed by atoms with Crippen molar-refractivity contribution in [2.45, 2.75) is 57.7 Å². The maximum atomic E-state index is 6.31. The van der Waals surface area contributed by atoms with E-state index in [1.807, 2.05) is 0 Å². The van der Waals surface area contributed by atoms with E-state index in [0.717, 1.165) is 4.95 Å². The molecule has 0 heterocycles. The van der Waals surface area contributed by atoms with Crippen LogP contribution in [-0.4, -0.2) is 18.9 Å². The highest BCUT2D eigenvalue weighted by Crippen LogP contribution is 2.33. The van der Waals surface area contributed by atoms with Crippen LogP contribution in [0.5, 0.6) is 0 Å². The van der Waals surface area contributed by atoms with Gasteiger partial charge in [0.15, 0.2) is 8.32 Å². The van der Waals surface area contributed by atoms with Crippen LogP contribution in [0.4, 0.5) is 0 Å². The average molecular weight is 265 g/mol. The van der Waals surface area contributed by atoms with Crippen molar-refractivity contribution in [1.29, 1.82) is 0 Å². The zero-order valence-corrected chi connectivity index (χ0v) is 11.6. The van der Waals surface area contributed by atoms with Crippen LogP contribution in [0.2, 0.25) is 13.1 Å². The van der Waals surface area contributed by atoms with Gasteiger partial charge in [0, 0.05) is 4.95 Å². The van der Waals surface area contributed by atoms with Gasteiger partial charge in [0.1, 0.15) is 0 Å². The monoisotopic (exact) mass is 264 g/mol. The second-order valence-electron chi connectivity index (χ2n) is 5.01. The standard InChI is InChI=1S/C10H21BrOSi/c1-10(7-5-4-6-8-10)12-13(2,3)9-11/h4-9H2,1-3H3. The molecule has 13 heavy (non-hydrogen) atoms. The van der Waals surface area contributed by atoms with Crippen molar-refractivity contribution in [3.8, 4) is 0 Å². The average Bonchev–Trinajstić information content (AvgIpc) is 2.04. The van der Waals surface area contributed by atoms with Gasteiger partial charge < -0.3 is 4.43 Å². The fourth-order valence-electron chi connectivity index (χ4n) is 2.10. The summed E-state index contributed by atoms with van der Waals surface area (Å²) in [5.41, 5.74) is 0.196. The normalized spacial score (nSPS) is 23.1. The molecule has 0 aromatic carbocycles. The third kappa shape index (κ3) is 3.72. The second-order valence-corrected chi connectivity index (χ2v) is 10.7. The summed E-state index contributed by atoms with van der Waals surface area (Å²) in [7, 11) is -1.42. The first-order valence-corrected chi connectivity index (χ1v) is 9.47. The van der Waals surface area contributed by atoms with E-state index in [0.29, 0.717) is 0 Å². The van der Waals surface area contributed by atoms with Crippen molar-refractivity contribution in [2.75, 3.05) is 4.95 Å². The molecular formula is C10H21BrOSi. The molecule has 0 radical (unpaired) electrons. The van der Waals surface area contributed by atoms with Gasteiger partial charge in [-0.2, -0.15) is 0 Å². The molecule has 0 aliphatic heterocycles. The van der Waals surface area contributed by atoms with E-state index in [2.05, 4.69) is 35.9 Å². The van der Waals surface area contributed by atoms with Crippen molar-refractivity contribution in [3.05, 3.63) is 0 Å². The summed E-state index contributed by atoms with van der Waals surface area (Å²) in [5.74, 6) is 0. The summed E-state index contributed by atoms with van der Waals surface area (Å²) in [6.07, 6.45) is 6.62. The van der Waals surface area contributed by atoms with Gasteiger partial charge in [-0.1, -0.05) is 35.2 Å². The lowest BCUT2D eigenvalue weighted by Gasteiger charge is -2.39. The van der Waals surface area contributed by atoms with Crippen LogP contribution in [0.3, 0.4) is 0 Å². The Morgan fingerprint density at radius 1 is 1.23 bits per heavy atom. The SMILES string of the molecule is CC1(O[Si](C)(C)CBr)CCCCC1. The van der Waals surface area contributed by atoms with E-state index < -0.39 is 8.32 Å². The first-order valence-electron chi connectivity index (χ1n) is 5.24. The zero-order valence-electron chi connectivity index (χ0n) is 9.03. The zero-order chi connectivity index (χ0) is 9.95. The van der Waals surface area contributed by atoms with Gasteiger partial charge >= 0.3 is 0 Å². The van der Waals surface area contributed by atoms with Crippen LogP contribution in [0, 0.1) is 0 Å². The van der Waals surface area contributed by atoms with Crippen molar-refractivity contribution in [2.24, 2.45) is 0 Å². The summed E-state index contributed by atoms with van der Waals surface area (Å²) < 4.78 is 6.31. The molecule has 0 bridgehead atoms. The van der Waals surface area contributed by atoms with Crippen LogP contribution in [-0.2, 0) is 4.43 Å². The molecular weight excluding hydrogens is 244 g/mol. The van der Waals surface area contributed by atoms with Crippen LogP contribution in [0.15, 0.2) is 0 Å². The molecule has 0 spiro atoms. The first kappa shape index (κ1) is 11.7. The minimum Gasteiger partial charge on any atom is -0.411 e. The smallest absolute Gasteiger partial charge is 0.197 e. The molecule has 1 aliphatic rings. The highest BCUT2D eigenvalue weighted by Gasteiger charge is 2.34. The van der Waals surface area contributed by atoms with Crippen LogP contribution in [0.1, 0.15) is 39.0 Å². The second kappa shape index (κ2) is 4.45. The van der Waals surface area contributed by atoms with Gasteiger partial charge in [0.05, 0.1) is 5.60 Å². The Kier molecular flexibility index (Phi) is 4.02. The molecule has 0 aromatic heterocycles. The summed E-state index contributed by atoms with van der Waals surface area (Å²) >= 11 is 3.56. The maximum Gasteiger partial charge on any atom is 0.197 e. The van der Waals surface area contributed by atoms with Crippen molar-refractivity contribution < 1.29 is 4.43 Å². The van der Waals surface area contributed by atoms with E-state index in [4.69, 9.17) is 4.43 Å². The number of hydrogen-bond donors (Lipinski definition) is 0. The molecule has 0 aromatic rings. The number of rotatable bonds is 3. The van der Waals surface area contributed by atoms with Crippen LogP contribution >= 0.6 is 15.9 Å². The Balaban J connectivity index is 2.49. The van der Waals surface area contributed by atoms with Crippen LogP contribution < -0.4 is 0 Å².